The molecule has 0 radical (unpaired) electrons. The Morgan fingerprint density at radius 1 is 1.36 bits per heavy atom. The molecule has 0 aliphatic carbocycles. The number of aromatic nitrogens is 1. The van der Waals surface area contributed by atoms with Crippen molar-refractivity contribution in [1.29, 1.82) is 0 Å². The molecule has 0 fully saturated rings. The van der Waals surface area contributed by atoms with Gasteiger partial charge in [0, 0.05) is 29.6 Å². The number of rotatable bonds is 8. The Bertz CT molecular complexity index is 900. The number of hydrogen-bond acceptors (Lipinski definition) is 8. The molecule has 146 valence electrons. The predicted molar refractivity (Wildman–Crippen MR) is 98.2 cm³/mol. The van der Waals surface area contributed by atoms with E-state index in [1.807, 2.05) is 0 Å². The maximum absolute atomic E-state index is 11.8. The number of hydrogen-bond donors (Lipinski definition) is 3. The average Bonchev–Trinajstić information content (AvgIpc) is 2.69. The number of pyridine rings is 1. The lowest BCUT2D eigenvalue weighted by Crippen LogP contribution is -2.34. The lowest BCUT2D eigenvalue weighted by molar-refractivity contribution is -0.385. The largest absolute Gasteiger partial charge is 0.504 e. The van der Waals surface area contributed by atoms with Gasteiger partial charge in [0.1, 0.15) is 0 Å². The van der Waals surface area contributed by atoms with Crippen molar-refractivity contribution in [1.82, 2.24) is 15.7 Å². The topological polar surface area (TPSA) is 156 Å². The second kappa shape index (κ2) is 9.62. The molecule has 0 aliphatic heterocycles. The molecule has 3 N–H and O–H groups in total. The molecular weight excluding hydrogens is 370 g/mol. The number of non-ortho nitro benzene ring substituents is 1. The number of hydrazone groups is 1. The number of carbonyl (C=O) groups is 2. The van der Waals surface area contributed by atoms with E-state index in [9.17, 15) is 24.8 Å². The third-order valence-electron chi connectivity index (χ3n) is 3.34. The first-order chi connectivity index (χ1) is 13.4. The Morgan fingerprint density at radius 2 is 2.07 bits per heavy atom. The first-order valence-corrected chi connectivity index (χ1v) is 8.06. The molecule has 1 heterocycles. The van der Waals surface area contributed by atoms with E-state index in [-0.39, 0.29) is 35.9 Å². The minimum absolute atomic E-state index is 0.0150. The van der Waals surface area contributed by atoms with E-state index < -0.39 is 16.7 Å². The highest BCUT2D eigenvalue weighted by Crippen LogP contribution is 2.33. The molecular formula is C17H17N5O6. The Labute approximate surface area is 159 Å². The molecule has 0 aliphatic rings. The van der Waals surface area contributed by atoms with Crippen molar-refractivity contribution in [2.45, 2.75) is 6.92 Å². The van der Waals surface area contributed by atoms with Crippen LogP contribution in [-0.2, 0) is 4.79 Å². The zero-order valence-corrected chi connectivity index (χ0v) is 14.8. The maximum Gasteiger partial charge on any atom is 0.274 e. The molecule has 2 aromatic rings. The van der Waals surface area contributed by atoms with Gasteiger partial charge in [-0.3, -0.25) is 24.7 Å². The van der Waals surface area contributed by atoms with Crippen molar-refractivity contribution < 1.29 is 24.4 Å². The molecule has 0 unspecified atom stereocenters. The van der Waals surface area contributed by atoms with Crippen LogP contribution < -0.4 is 15.5 Å². The van der Waals surface area contributed by atoms with Crippen LogP contribution in [0.15, 0.2) is 41.8 Å². The third-order valence-corrected chi connectivity index (χ3v) is 3.34. The van der Waals surface area contributed by atoms with Crippen molar-refractivity contribution in [3.05, 3.63) is 57.9 Å². The smallest absolute Gasteiger partial charge is 0.274 e. The molecule has 11 nitrogen and oxygen atoms in total. The van der Waals surface area contributed by atoms with Gasteiger partial charge in [-0.1, -0.05) is 0 Å². The number of benzene rings is 1. The number of nitro groups is 1. The van der Waals surface area contributed by atoms with E-state index in [1.54, 1.807) is 6.92 Å². The summed E-state index contributed by atoms with van der Waals surface area (Å²) in [6.07, 6.45) is 3.93. The van der Waals surface area contributed by atoms with Crippen LogP contribution in [0.3, 0.4) is 0 Å². The minimum atomic E-state index is -0.646. The minimum Gasteiger partial charge on any atom is -0.504 e. The fourth-order valence-electron chi connectivity index (χ4n) is 2.06. The molecule has 0 bridgehead atoms. The van der Waals surface area contributed by atoms with Crippen molar-refractivity contribution in [2.75, 3.05) is 13.2 Å². The molecule has 0 atom stereocenters. The number of nitrogens with zero attached hydrogens (tertiary/aromatic N) is 3. The van der Waals surface area contributed by atoms with Gasteiger partial charge in [-0.2, -0.15) is 5.10 Å². The van der Waals surface area contributed by atoms with Crippen LogP contribution in [0.2, 0.25) is 0 Å². The number of phenolic OH excluding ortho intramolecular Hbond substituents is 1. The van der Waals surface area contributed by atoms with Gasteiger partial charge < -0.3 is 15.2 Å². The van der Waals surface area contributed by atoms with Gasteiger partial charge >= 0.3 is 0 Å². The number of carbonyl (C=O) groups excluding carboxylic acids is 2. The lowest BCUT2D eigenvalue weighted by Gasteiger charge is -2.08. The van der Waals surface area contributed by atoms with Crippen LogP contribution in [0.25, 0.3) is 0 Å². The van der Waals surface area contributed by atoms with Gasteiger partial charge in [-0.15, -0.1) is 0 Å². The summed E-state index contributed by atoms with van der Waals surface area (Å²) in [5.74, 6) is -1.52. The zero-order valence-electron chi connectivity index (χ0n) is 14.8. The van der Waals surface area contributed by atoms with Crippen LogP contribution in [0.1, 0.15) is 22.8 Å². The van der Waals surface area contributed by atoms with Crippen LogP contribution in [-0.4, -0.2) is 46.2 Å². The van der Waals surface area contributed by atoms with Gasteiger partial charge in [0.05, 0.1) is 30.4 Å². The predicted octanol–water partition coefficient (Wildman–Crippen LogP) is 0.974. The summed E-state index contributed by atoms with van der Waals surface area (Å²) < 4.78 is 5.15. The Morgan fingerprint density at radius 3 is 2.71 bits per heavy atom. The van der Waals surface area contributed by atoms with Gasteiger partial charge in [0.15, 0.2) is 11.5 Å². The van der Waals surface area contributed by atoms with E-state index in [1.165, 1.54) is 24.5 Å². The molecule has 0 saturated heterocycles. The van der Waals surface area contributed by atoms with Gasteiger partial charge in [-0.25, -0.2) is 5.43 Å². The normalized spacial score (nSPS) is 10.5. The summed E-state index contributed by atoms with van der Waals surface area (Å²) >= 11 is 0. The summed E-state index contributed by atoms with van der Waals surface area (Å²) in [5.41, 5.74) is 2.17. The fraction of sp³-hybridized carbons (Fsp3) is 0.176. The van der Waals surface area contributed by atoms with E-state index in [0.717, 1.165) is 18.3 Å². The van der Waals surface area contributed by atoms with E-state index in [0.29, 0.717) is 5.56 Å². The molecule has 1 aromatic heterocycles. The first-order valence-electron chi connectivity index (χ1n) is 8.06. The molecule has 1 aromatic carbocycles. The number of nitro benzene ring substituents is 1. The van der Waals surface area contributed by atoms with E-state index in [4.69, 9.17) is 4.74 Å². The molecule has 0 spiro atoms. The first kappa shape index (κ1) is 20.3. The molecule has 11 heteroatoms. The van der Waals surface area contributed by atoms with Crippen LogP contribution >= 0.6 is 0 Å². The summed E-state index contributed by atoms with van der Waals surface area (Å²) in [4.78, 5) is 37.7. The fourth-order valence-corrected chi connectivity index (χ4v) is 2.06. The highest BCUT2D eigenvalue weighted by Gasteiger charge is 2.16. The standard InChI is InChI=1S/C17H17N5O6/c1-2-28-14-8-13(22(26)27)7-12(16(14)24)9-20-21-15(23)10-19-17(25)11-3-5-18-6-4-11/h3-9,24H,2,10H2,1H3,(H,19,25)(H,21,23)/b20-9+. The SMILES string of the molecule is CCOc1cc([N+](=O)[O-])cc(/C=N/NC(=O)CNC(=O)c2ccncc2)c1O. The van der Waals surface area contributed by atoms with Crippen LogP contribution in [0.4, 0.5) is 5.69 Å². The summed E-state index contributed by atoms with van der Waals surface area (Å²) in [5, 5.41) is 27.1. The maximum atomic E-state index is 11.8. The van der Waals surface area contributed by atoms with Crippen molar-refractivity contribution in [3.8, 4) is 11.5 Å². The van der Waals surface area contributed by atoms with Crippen molar-refractivity contribution in [3.63, 3.8) is 0 Å². The third kappa shape index (κ3) is 5.49. The van der Waals surface area contributed by atoms with Crippen LogP contribution in [0, 0.1) is 10.1 Å². The second-order valence-electron chi connectivity index (χ2n) is 5.28. The highest BCUT2D eigenvalue weighted by molar-refractivity contribution is 5.96. The van der Waals surface area contributed by atoms with Gasteiger partial charge in [0.25, 0.3) is 17.5 Å². The number of ether oxygens (including phenoxy) is 1. The highest BCUT2D eigenvalue weighted by atomic mass is 16.6. The van der Waals surface area contributed by atoms with E-state index in [2.05, 4.69) is 20.8 Å². The van der Waals surface area contributed by atoms with Gasteiger partial charge in [-0.05, 0) is 19.1 Å². The van der Waals surface area contributed by atoms with Crippen molar-refractivity contribution >= 4 is 23.7 Å². The number of nitrogens with one attached hydrogen (secondary N) is 2. The number of amides is 2. The summed E-state index contributed by atoms with van der Waals surface area (Å²) in [6, 6.07) is 5.15. The number of phenols is 1. The Balaban J connectivity index is 1.98. The Hall–Kier alpha value is -4.02. The molecule has 28 heavy (non-hydrogen) atoms. The van der Waals surface area contributed by atoms with E-state index >= 15 is 0 Å². The molecule has 2 amide bonds. The summed E-state index contributed by atoms with van der Waals surface area (Å²) in [7, 11) is 0. The summed E-state index contributed by atoms with van der Waals surface area (Å²) in [6.45, 7) is 1.51. The lowest BCUT2D eigenvalue weighted by atomic mass is 10.1. The Kier molecular flexibility index (Phi) is 6.97. The van der Waals surface area contributed by atoms with Crippen LogP contribution in [0.5, 0.6) is 11.5 Å². The zero-order chi connectivity index (χ0) is 20.5. The number of aromatic hydroxyl groups is 1. The molecule has 0 saturated carbocycles. The molecule has 2 rings (SSSR count). The quantitative estimate of drug-likeness (QED) is 0.346. The van der Waals surface area contributed by atoms with Gasteiger partial charge in [0.2, 0.25) is 0 Å². The average molecular weight is 387 g/mol. The second-order valence-corrected chi connectivity index (χ2v) is 5.28. The van der Waals surface area contributed by atoms with Crippen molar-refractivity contribution in [2.24, 2.45) is 5.10 Å². The monoisotopic (exact) mass is 387 g/mol.